The standard InChI is InChI=1S/2C6H5NO2.3C6H5.Sb/c2*8-6(9)5-3-1-2-4-7-5;3*1-2-4-6-5-3-1;/h2*1-4H,(H,8,9);3*1-5H;/p-2. The summed E-state index contributed by atoms with van der Waals surface area (Å²) in [5.41, 5.74) is -0.0602. The fourth-order valence-electron chi connectivity index (χ4n) is 1.99. The van der Waals surface area contributed by atoms with Gasteiger partial charge >= 0.3 is 0 Å². The van der Waals surface area contributed by atoms with E-state index in [1.165, 1.54) is 24.5 Å². The fraction of sp³-hybridized carbons (Fsp3) is 0. The molecule has 37 heavy (non-hydrogen) atoms. The number of carbonyl (C=O) groups is 2. The van der Waals surface area contributed by atoms with Crippen molar-refractivity contribution in [1.29, 1.82) is 0 Å². The van der Waals surface area contributed by atoms with Gasteiger partial charge in [0.05, 0.1) is 23.3 Å². The van der Waals surface area contributed by atoms with Gasteiger partial charge < -0.3 is 19.8 Å². The SMILES string of the molecule is O=C([O-])c1ccccn1.O=C([O-])c1ccccn1.[Sb].[c]1ccccc1.[c]1ccccc1.[c]1ccccc1. The Balaban J connectivity index is 0.000000440. The van der Waals surface area contributed by atoms with Gasteiger partial charge in [-0.15, -0.1) is 0 Å². The van der Waals surface area contributed by atoms with E-state index in [4.69, 9.17) is 0 Å². The summed E-state index contributed by atoms with van der Waals surface area (Å²) in [6.45, 7) is 0. The molecule has 5 aromatic rings. The molecule has 0 amide bonds. The van der Waals surface area contributed by atoms with Crippen LogP contribution in [0.3, 0.4) is 0 Å². The zero-order valence-corrected chi connectivity index (χ0v) is 22.3. The second-order valence-electron chi connectivity index (χ2n) is 6.24. The van der Waals surface area contributed by atoms with Crippen LogP contribution in [0.15, 0.2) is 140 Å². The molecule has 0 N–H and O–H groups in total. The molecule has 184 valence electrons. The molecule has 0 bridgehead atoms. The van der Waals surface area contributed by atoms with Crippen LogP contribution in [0, 0.1) is 18.2 Å². The van der Waals surface area contributed by atoms with Crippen molar-refractivity contribution >= 4 is 36.4 Å². The van der Waals surface area contributed by atoms with Crippen molar-refractivity contribution in [3.8, 4) is 0 Å². The van der Waals surface area contributed by atoms with E-state index in [0.29, 0.717) is 0 Å². The van der Waals surface area contributed by atoms with Gasteiger partial charge in [0.1, 0.15) is 0 Å². The maximum absolute atomic E-state index is 10.0. The summed E-state index contributed by atoms with van der Waals surface area (Å²) in [7, 11) is 0. The van der Waals surface area contributed by atoms with E-state index in [2.05, 4.69) is 28.2 Å². The van der Waals surface area contributed by atoms with Gasteiger partial charge in [0.15, 0.2) is 0 Å². The summed E-state index contributed by atoms with van der Waals surface area (Å²) in [6.07, 6.45) is 2.82. The van der Waals surface area contributed by atoms with E-state index in [9.17, 15) is 19.8 Å². The first-order chi connectivity index (χ1) is 17.6. The number of nitrogens with zero attached hydrogens (tertiary/aromatic N) is 2. The third-order valence-electron chi connectivity index (χ3n) is 3.57. The molecule has 0 saturated heterocycles. The van der Waals surface area contributed by atoms with Crippen LogP contribution in [-0.2, 0) is 0 Å². The molecule has 0 spiro atoms. The zero-order chi connectivity index (χ0) is 26.1. The van der Waals surface area contributed by atoms with E-state index < -0.39 is 11.9 Å². The van der Waals surface area contributed by atoms with Crippen LogP contribution in [0.25, 0.3) is 0 Å². The van der Waals surface area contributed by atoms with Crippen molar-refractivity contribution in [2.75, 3.05) is 0 Å². The second kappa shape index (κ2) is 23.5. The van der Waals surface area contributed by atoms with Crippen LogP contribution in [0.4, 0.5) is 0 Å². The number of carboxylic acid groups (broad SMARTS) is 2. The first-order valence-corrected chi connectivity index (χ1v) is 10.6. The van der Waals surface area contributed by atoms with Crippen LogP contribution < -0.4 is 10.2 Å². The quantitative estimate of drug-likeness (QED) is 0.290. The summed E-state index contributed by atoms with van der Waals surface area (Å²) < 4.78 is 0. The Morgan fingerprint density at radius 1 is 0.486 bits per heavy atom. The van der Waals surface area contributed by atoms with E-state index >= 15 is 0 Å². The van der Waals surface area contributed by atoms with Crippen molar-refractivity contribution in [3.05, 3.63) is 169 Å². The number of aromatic carboxylic acids is 2. The number of rotatable bonds is 2. The van der Waals surface area contributed by atoms with Crippen molar-refractivity contribution in [3.63, 3.8) is 0 Å². The van der Waals surface area contributed by atoms with E-state index in [0.717, 1.165) is 0 Å². The average molecular weight is 597 g/mol. The molecule has 0 aliphatic heterocycles. The van der Waals surface area contributed by atoms with E-state index in [1.807, 2.05) is 91.0 Å². The molecule has 6 nitrogen and oxygen atoms in total. The summed E-state index contributed by atoms with van der Waals surface area (Å²) >= 11 is 0. The minimum Gasteiger partial charge on any atom is -0.543 e. The molecule has 7 heteroatoms. The minimum absolute atomic E-state index is 0. The zero-order valence-electron chi connectivity index (χ0n) is 19.8. The Hall–Kier alpha value is -4.28. The number of carboxylic acids is 2. The first kappa shape index (κ1) is 32.7. The third kappa shape index (κ3) is 19.7. The molecular weight excluding hydrogens is 574 g/mol. The number of hydrogen-bond donors (Lipinski definition) is 0. The Kier molecular flexibility index (Phi) is 20.7. The first-order valence-electron chi connectivity index (χ1n) is 10.6. The number of carbonyl (C=O) groups excluding carboxylic acids is 2. The van der Waals surface area contributed by atoms with E-state index in [-0.39, 0.29) is 35.8 Å². The maximum Gasteiger partial charge on any atom is 0.0899 e. The molecule has 2 aromatic heterocycles. The Bertz CT molecular complexity index is 962. The summed E-state index contributed by atoms with van der Waals surface area (Å²) in [6, 6.07) is 46.7. The predicted octanol–water partition coefficient (Wildman–Crippen LogP) is 2.97. The molecule has 2 heterocycles. The van der Waals surface area contributed by atoms with Gasteiger partial charge in [0.2, 0.25) is 0 Å². The van der Waals surface area contributed by atoms with Gasteiger partial charge in [0.25, 0.3) is 0 Å². The maximum atomic E-state index is 10.0. The molecule has 5 rings (SSSR count). The molecular formula is C30H23N2O4Sb-2. The van der Waals surface area contributed by atoms with Crippen LogP contribution in [0.5, 0.6) is 0 Å². The summed E-state index contributed by atoms with van der Waals surface area (Å²) in [5.74, 6) is -2.48. The Morgan fingerprint density at radius 3 is 0.892 bits per heavy atom. The van der Waals surface area contributed by atoms with Crippen molar-refractivity contribution in [1.82, 2.24) is 9.97 Å². The number of hydrogen-bond acceptors (Lipinski definition) is 6. The largest absolute Gasteiger partial charge is 0.543 e. The molecule has 0 aliphatic carbocycles. The van der Waals surface area contributed by atoms with Crippen LogP contribution in [0.2, 0.25) is 0 Å². The normalized spacial score (nSPS) is 8.22. The second-order valence-corrected chi connectivity index (χ2v) is 6.24. The van der Waals surface area contributed by atoms with Gasteiger partial charge in [-0.05, 0) is 42.5 Å². The van der Waals surface area contributed by atoms with Crippen molar-refractivity contribution < 1.29 is 19.8 Å². The molecule has 3 aromatic carbocycles. The van der Waals surface area contributed by atoms with Gasteiger partial charge in [-0.2, -0.15) is 0 Å². The van der Waals surface area contributed by atoms with Gasteiger partial charge in [-0.25, -0.2) is 0 Å². The monoisotopic (exact) mass is 596 g/mol. The smallest absolute Gasteiger partial charge is 0.0899 e. The molecule has 0 saturated carbocycles. The topological polar surface area (TPSA) is 106 Å². The van der Waals surface area contributed by atoms with Gasteiger partial charge in [-0.3, -0.25) is 9.97 Å². The molecule has 0 atom stereocenters. The van der Waals surface area contributed by atoms with Crippen LogP contribution in [0.1, 0.15) is 21.0 Å². The third-order valence-corrected chi connectivity index (χ3v) is 3.57. The fourth-order valence-corrected chi connectivity index (χ4v) is 1.99. The number of benzene rings is 3. The molecule has 6 radical (unpaired) electrons. The minimum atomic E-state index is -1.24. The summed E-state index contributed by atoms with van der Waals surface area (Å²) in [4.78, 5) is 27.1. The average Bonchev–Trinajstić information content (AvgIpc) is 2.98. The van der Waals surface area contributed by atoms with Gasteiger partial charge in [0, 0.05) is 36.8 Å². The molecule has 0 unspecified atom stereocenters. The summed E-state index contributed by atoms with van der Waals surface area (Å²) in [5, 5.41) is 20.1. The van der Waals surface area contributed by atoms with Crippen molar-refractivity contribution in [2.45, 2.75) is 0 Å². The Morgan fingerprint density at radius 2 is 0.784 bits per heavy atom. The van der Waals surface area contributed by atoms with Crippen molar-refractivity contribution in [2.24, 2.45) is 0 Å². The van der Waals surface area contributed by atoms with Gasteiger partial charge in [-0.1, -0.05) is 103 Å². The number of aromatic nitrogens is 2. The number of pyridine rings is 2. The van der Waals surface area contributed by atoms with Crippen LogP contribution >= 0.6 is 0 Å². The van der Waals surface area contributed by atoms with E-state index in [1.54, 1.807) is 24.3 Å². The van der Waals surface area contributed by atoms with Crippen LogP contribution in [-0.4, -0.2) is 46.3 Å². The molecule has 0 fully saturated rings. The molecule has 0 aliphatic rings. The Labute approximate surface area is 234 Å². The predicted molar refractivity (Wildman–Crippen MR) is 139 cm³/mol.